The summed E-state index contributed by atoms with van der Waals surface area (Å²) in [5, 5.41) is 13.6. The number of hydrogen-bond donors (Lipinski definition) is 2. The fourth-order valence-electron chi connectivity index (χ4n) is 3.85. The van der Waals surface area contributed by atoms with Crippen molar-refractivity contribution >= 4 is 34.2 Å². The van der Waals surface area contributed by atoms with Crippen molar-refractivity contribution in [2.24, 2.45) is 5.92 Å². The number of halogens is 2. The number of hydrogen-bond acceptors (Lipinski definition) is 5. The van der Waals surface area contributed by atoms with Crippen molar-refractivity contribution in [3.8, 4) is 11.5 Å². The molecular weight excluding hydrogens is 551 g/mol. The van der Waals surface area contributed by atoms with Crippen LogP contribution in [0.5, 0.6) is 11.5 Å². The summed E-state index contributed by atoms with van der Waals surface area (Å²) in [6.45, 7) is 12.0. The molecule has 5 nitrogen and oxygen atoms in total. The molecule has 0 amide bonds. The van der Waals surface area contributed by atoms with E-state index in [-0.39, 0.29) is 5.41 Å². The van der Waals surface area contributed by atoms with Crippen LogP contribution in [-0.4, -0.2) is 67.9 Å². The van der Waals surface area contributed by atoms with Gasteiger partial charge in [-0.15, -0.1) is 11.6 Å². The third-order valence-corrected chi connectivity index (χ3v) is 7.51. The van der Waals surface area contributed by atoms with Crippen molar-refractivity contribution in [2.75, 3.05) is 51.8 Å². The summed E-state index contributed by atoms with van der Waals surface area (Å²) in [5.41, 5.74) is 2.27. The van der Waals surface area contributed by atoms with Crippen LogP contribution < -0.4 is 14.8 Å². The van der Waals surface area contributed by atoms with E-state index < -0.39 is 6.10 Å². The monoisotopic (exact) mass is 586 g/mol. The first-order chi connectivity index (χ1) is 15.8. The molecule has 2 N–H and O–H groups in total. The number of alkyl halides is 1. The first kappa shape index (κ1) is 26.5. The first-order valence-corrected chi connectivity index (χ1v) is 13.2. The van der Waals surface area contributed by atoms with Gasteiger partial charge in [0.2, 0.25) is 0 Å². The third-order valence-electron chi connectivity index (χ3n) is 6.14. The van der Waals surface area contributed by atoms with Gasteiger partial charge < -0.3 is 19.9 Å². The lowest BCUT2D eigenvalue weighted by Gasteiger charge is -2.29. The smallest absolute Gasteiger partial charge is 0.132 e. The van der Waals surface area contributed by atoms with Crippen LogP contribution in [0.1, 0.15) is 31.9 Å². The normalized spacial score (nSPS) is 16.9. The maximum atomic E-state index is 10.3. The molecule has 0 saturated carbocycles. The third kappa shape index (κ3) is 7.72. The van der Waals surface area contributed by atoms with Gasteiger partial charge in [-0.3, -0.25) is 4.90 Å². The molecule has 1 aliphatic rings. The van der Waals surface area contributed by atoms with Crippen LogP contribution in [0.3, 0.4) is 0 Å². The standard InChI is InChI=1S/C26H36ClIN2O3/c1-19(15-27)17-33-25-9-6-21(14-24(25)28)26(2,3)20-4-7-23(8-5-20)32-18-22(31)16-30-12-10-29-11-13-30/h4-9,14,19,22,29,31H,10-13,15-18H2,1-3H3/t19-,22+/m1/s1. The Labute approximate surface area is 216 Å². The number of nitrogens with one attached hydrogen (secondary N) is 1. The van der Waals surface area contributed by atoms with Crippen molar-refractivity contribution in [1.82, 2.24) is 10.2 Å². The molecule has 0 bridgehead atoms. The topological polar surface area (TPSA) is 54.0 Å². The predicted molar refractivity (Wildman–Crippen MR) is 144 cm³/mol. The molecule has 0 aliphatic carbocycles. The lowest BCUT2D eigenvalue weighted by Crippen LogP contribution is -2.47. The molecule has 0 radical (unpaired) electrons. The lowest BCUT2D eigenvalue weighted by molar-refractivity contribution is 0.0641. The summed E-state index contributed by atoms with van der Waals surface area (Å²) in [7, 11) is 0. The van der Waals surface area contributed by atoms with Gasteiger partial charge in [-0.1, -0.05) is 39.0 Å². The SMILES string of the molecule is C[C@H](CCl)COc1ccc(C(C)(C)c2ccc(OC[C@@H](O)CN3CCNCC3)cc2)cc1I. The molecule has 2 aromatic rings. The minimum absolute atomic E-state index is 0.164. The highest BCUT2D eigenvalue weighted by atomic mass is 127. The molecule has 0 aromatic heterocycles. The van der Waals surface area contributed by atoms with Gasteiger partial charge in [0.25, 0.3) is 0 Å². The number of rotatable bonds is 11. The zero-order chi connectivity index (χ0) is 23.8. The van der Waals surface area contributed by atoms with E-state index in [1.54, 1.807) is 0 Å². The van der Waals surface area contributed by atoms with E-state index in [9.17, 15) is 5.11 Å². The van der Waals surface area contributed by atoms with Crippen LogP contribution in [0.15, 0.2) is 42.5 Å². The molecular formula is C26H36ClIN2O3. The van der Waals surface area contributed by atoms with Crippen molar-refractivity contribution < 1.29 is 14.6 Å². The van der Waals surface area contributed by atoms with E-state index in [1.807, 2.05) is 12.1 Å². The Hall–Kier alpha value is -1.06. The van der Waals surface area contributed by atoms with Crippen LogP contribution in [0.4, 0.5) is 0 Å². The molecule has 182 valence electrons. The largest absolute Gasteiger partial charge is 0.492 e. The van der Waals surface area contributed by atoms with E-state index in [2.05, 4.69) is 83.9 Å². The zero-order valence-corrected chi connectivity index (χ0v) is 22.7. The number of piperazine rings is 1. The maximum Gasteiger partial charge on any atom is 0.132 e. The molecule has 2 atom stereocenters. The Morgan fingerprint density at radius 3 is 2.36 bits per heavy atom. The minimum Gasteiger partial charge on any atom is -0.492 e. The van der Waals surface area contributed by atoms with E-state index in [0.717, 1.165) is 41.2 Å². The van der Waals surface area contributed by atoms with Gasteiger partial charge >= 0.3 is 0 Å². The van der Waals surface area contributed by atoms with Crippen LogP contribution in [0, 0.1) is 9.49 Å². The molecule has 1 fully saturated rings. The molecule has 1 heterocycles. The highest BCUT2D eigenvalue weighted by Crippen LogP contribution is 2.35. The molecule has 0 unspecified atom stereocenters. The molecule has 1 aliphatic heterocycles. The van der Waals surface area contributed by atoms with Crippen LogP contribution in [-0.2, 0) is 5.41 Å². The second-order valence-corrected chi connectivity index (χ2v) is 10.9. The fourth-order valence-corrected chi connectivity index (χ4v) is 4.61. The molecule has 2 aromatic carbocycles. The second-order valence-electron chi connectivity index (χ2n) is 9.38. The Morgan fingerprint density at radius 2 is 1.73 bits per heavy atom. The Morgan fingerprint density at radius 1 is 1.06 bits per heavy atom. The van der Waals surface area contributed by atoms with Crippen LogP contribution >= 0.6 is 34.2 Å². The van der Waals surface area contributed by atoms with Gasteiger partial charge in [-0.05, 0) is 58.0 Å². The van der Waals surface area contributed by atoms with Crippen molar-refractivity contribution in [3.05, 3.63) is 57.2 Å². The summed E-state index contributed by atoms with van der Waals surface area (Å²) in [5.74, 6) is 2.59. The van der Waals surface area contributed by atoms with Crippen LogP contribution in [0.25, 0.3) is 0 Å². The number of β-amino-alcohol motifs (C(OH)–C–C–N with tert-alkyl or cyclic N) is 1. The predicted octanol–water partition coefficient (Wildman–Crippen LogP) is 4.52. The number of aliphatic hydroxyl groups is 1. The first-order valence-electron chi connectivity index (χ1n) is 11.6. The van der Waals surface area contributed by atoms with Crippen molar-refractivity contribution in [1.29, 1.82) is 0 Å². The molecule has 1 saturated heterocycles. The van der Waals surface area contributed by atoms with Crippen molar-refractivity contribution in [3.63, 3.8) is 0 Å². The Kier molecular flexibility index (Phi) is 10.1. The molecule has 3 rings (SSSR count). The lowest BCUT2D eigenvalue weighted by atomic mass is 9.78. The summed E-state index contributed by atoms with van der Waals surface area (Å²) in [6.07, 6.45) is -0.491. The minimum atomic E-state index is -0.491. The second kappa shape index (κ2) is 12.6. The van der Waals surface area contributed by atoms with Gasteiger partial charge in [0.15, 0.2) is 0 Å². The number of nitrogens with zero attached hydrogens (tertiary/aromatic N) is 1. The van der Waals surface area contributed by atoms with Gasteiger partial charge in [0.05, 0.1) is 10.2 Å². The van der Waals surface area contributed by atoms with Gasteiger partial charge in [-0.25, -0.2) is 0 Å². The van der Waals surface area contributed by atoms with E-state index >= 15 is 0 Å². The van der Waals surface area contributed by atoms with E-state index in [4.69, 9.17) is 21.1 Å². The van der Waals surface area contributed by atoms with E-state index in [0.29, 0.717) is 31.6 Å². The van der Waals surface area contributed by atoms with Gasteiger partial charge in [0.1, 0.15) is 24.2 Å². The highest BCUT2D eigenvalue weighted by molar-refractivity contribution is 14.1. The van der Waals surface area contributed by atoms with Crippen LogP contribution in [0.2, 0.25) is 0 Å². The number of ether oxygens (including phenoxy) is 2. The quantitative estimate of drug-likeness (QED) is 0.300. The van der Waals surface area contributed by atoms with E-state index in [1.165, 1.54) is 11.1 Å². The molecule has 0 spiro atoms. The van der Waals surface area contributed by atoms with Gasteiger partial charge in [0, 0.05) is 49.9 Å². The zero-order valence-electron chi connectivity index (χ0n) is 19.8. The fraction of sp³-hybridized carbons (Fsp3) is 0.538. The maximum absolute atomic E-state index is 10.3. The Balaban J connectivity index is 1.57. The molecule has 33 heavy (non-hydrogen) atoms. The highest BCUT2D eigenvalue weighted by Gasteiger charge is 2.24. The summed E-state index contributed by atoms with van der Waals surface area (Å²) in [4.78, 5) is 2.27. The summed E-state index contributed by atoms with van der Waals surface area (Å²) < 4.78 is 12.9. The average Bonchev–Trinajstić information content (AvgIpc) is 2.82. The molecule has 7 heteroatoms. The summed E-state index contributed by atoms with van der Waals surface area (Å²) in [6, 6.07) is 14.6. The average molecular weight is 587 g/mol. The number of aliphatic hydroxyl groups excluding tert-OH is 1. The number of benzene rings is 2. The van der Waals surface area contributed by atoms with Gasteiger partial charge in [-0.2, -0.15) is 0 Å². The summed E-state index contributed by atoms with van der Waals surface area (Å²) >= 11 is 8.23. The Bertz CT molecular complexity index is 872. The van der Waals surface area contributed by atoms with Crippen molar-refractivity contribution in [2.45, 2.75) is 32.3 Å².